The van der Waals surface area contributed by atoms with Crippen LogP contribution in [0.4, 0.5) is 24.5 Å². The Kier molecular flexibility index (Phi) is 7.86. The molecule has 6 unspecified atom stereocenters. The van der Waals surface area contributed by atoms with Gasteiger partial charge in [0.25, 0.3) is 5.91 Å². The van der Waals surface area contributed by atoms with Crippen LogP contribution in [0.25, 0.3) is 0 Å². The molecule has 0 radical (unpaired) electrons. The summed E-state index contributed by atoms with van der Waals surface area (Å²) in [5, 5.41) is 3.37. The van der Waals surface area contributed by atoms with Crippen LogP contribution in [0, 0.1) is 36.5 Å². The predicted molar refractivity (Wildman–Crippen MR) is 181 cm³/mol. The number of halogens is 3. The summed E-state index contributed by atoms with van der Waals surface area (Å²) >= 11 is 2.57. The van der Waals surface area contributed by atoms with Gasteiger partial charge in [-0.3, -0.25) is 19.2 Å². The maximum atomic E-state index is 14.0. The number of thioether (sulfide) groups is 1. The van der Waals surface area contributed by atoms with Crippen molar-refractivity contribution in [1.82, 2.24) is 4.98 Å². The minimum atomic E-state index is -4.75. The summed E-state index contributed by atoms with van der Waals surface area (Å²) in [5.74, 6) is -3.48. The van der Waals surface area contributed by atoms with Gasteiger partial charge in [-0.1, -0.05) is 47.7 Å². The highest BCUT2D eigenvalue weighted by atomic mass is 32.2. The quantitative estimate of drug-likeness (QED) is 0.210. The smallest absolute Gasteiger partial charge is 0.418 e. The third-order valence-corrected chi connectivity index (χ3v) is 13.1. The number of hydrogen-bond donors (Lipinski definition) is 2. The molecule has 3 fully saturated rings. The van der Waals surface area contributed by atoms with Crippen molar-refractivity contribution >= 4 is 52.2 Å². The molecule has 258 valence electrons. The van der Waals surface area contributed by atoms with Crippen LogP contribution in [-0.4, -0.2) is 41.7 Å². The molecular weight excluding hydrogens is 692 g/mol. The number of carbonyl (C=O) groups excluding carboxylic acids is 3. The highest BCUT2D eigenvalue weighted by Gasteiger charge is 2.70. The van der Waals surface area contributed by atoms with Crippen molar-refractivity contribution < 1.29 is 37.0 Å². The van der Waals surface area contributed by atoms with Crippen LogP contribution in [0.3, 0.4) is 0 Å². The van der Waals surface area contributed by atoms with Gasteiger partial charge in [-0.2, -0.15) is 13.2 Å². The second-order valence-electron chi connectivity index (χ2n) is 13.0. The Morgan fingerprint density at radius 2 is 1.70 bits per heavy atom. The number of aryl methyl sites for hydroxylation is 1. The molecule has 8 rings (SSSR count). The van der Waals surface area contributed by atoms with Gasteiger partial charge in [0.05, 0.1) is 35.2 Å². The molecule has 50 heavy (non-hydrogen) atoms. The summed E-state index contributed by atoms with van der Waals surface area (Å²) < 4.78 is 53.6. The maximum absolute atomic E-state index is 14.0. The Morgan fingerprint density at radius 3 is 2.44 bits per heavy atom. The number of aromatic nitrogens is 1. The van der Waals surface area contributed by atoms with Crippen molar-refractivity contribution in [3.8, 4) is 11.5 Å². The third-order valence-electron chi connectivity index (χ3n) is 10.5. The molecule has 14 heteroatoms. The summed E-state index contributed by atoms with van der Waals surface area (Å²) in [4.78, 5) is 57.6. The zero-order chi connectivity index (χ0) is 35.1. The normalized spacial score (nSPS) is 26.4. The Bertz CT molecular complexity index is 2110. The molecular formula is C36H30F3N3O6S2. The van der Waals surface area contributed by atoms with E-state index < -0.39 is 41.1 Å². The molecule has 2 aliphatic heterocycles. The van der Waals surface area contributed by atoms with Gasteiger partial charge >= 0.3 is 11.0 Å². The lowest BCUT2D eigenvalue weighted by Crippen LogP contribution is -2.42. The van der Waals surface area contributed by atoms with E-state index in [0.717, 1.165) is 38.3 Å². The molecule has 2 aliphatic carbocycles. The third kappa shape index (κ3) is 5.13. The molecule has 1 aromatic heterocycles. The fourth-order valence-corrected chi connectivity index (χ4v) is 11.5. The highest BCUT2D eigenvalue weighted by molar-refractivity contribution is 8.00. The minimum Gasteiger partial charge on any atom is -0.493 e. The number of H-pyrrole nitrogens is 1. The Morgan fingerprint density at radius 1 is 0.980 bits per heavy atom. The first-order valence-electron chi connectivity index (χ1n) is 16.1. The molecule has 2 N–H and O–H groups in total. The highest BCUT2D eigenvalue weighted by Crippen LogP contribution is 2.69. The SMILES string of the molecule is COc1cc([C@H]2c3sc(=O)[nH]c3SC3C4CC(C5C(=O)N(c6ccccc6C(F)(F)F)C(=O)C45)C32)ccc1OCC(=O)Nc1ccccc1C. The number of para-hydroxylation sites is 2. The molecule has 9 nitrogen and oxygen atoms in total. The van der Waals surface area contributed by atoms with Gasteiger partial charge in [0, 0.05) is 21.7 Å². The first-order chi connectivity index (χ1) is 24.0. The first-order valence-corrected chi connectivity index (χ1v) is 17.8. The van der Waals surface area contributed by atoms with E-state index in [1.807, 2.05) is 31.2 Å². The zero-order valence-corrected chi connectivity index (χ0v) is 28.3. The number of carbonyl (C=O) groups is 3. The van der Waals surface area contributed by atoms with Crippen LogP contribution in [0.5, 0.6) is 11.5 Å². The number of methoxy groups -OCH3 is 1. The Hall–Kier alpha value is -4.56. The van der Waals surface area contributed by atoms with Gasteiger partial charge in [0.1, 0.15) is 0 Å². The molecule has 2 saturated carbocycles. The number of nitrogens with zero attached hydrogens (tertiary/aromatic N) is 1. The number of hydrogen-bond acceptors (Lipinski definition) is 8. The van der Waals surface area contributed by atoms with Gasteiger partial charge < -0.3 is 19.8 Å². The van der Waals surface area contributed by atoms with E-state index in [9.17, 15) is 32.3 Å². The molecule has 2 bridgehead atoms. The summed E-state index contributed by atoms with van der Waals surface area (Å²) in [5.41, 5.74) is 0.920. The first kappa shape index (κ1) is 32.6. The number of imide groups is 1. The van der Waals surface area contributed by atoms with Crippen molar-refractivity contribution in [2.24, 2.45) is 29.6 Å². The van der Waals surface area contributed by atoms with E-state index in [1.54, 1.807) is 18.2 Å². The molecule has 0 spiro atoms. The zero-order valence-electron chi connectivity index (χ0n) is 26.7. The number of rotatable bonds is 7. The van der Waals surface area contributed by atoms with Crippen molar-refractivity contribution in [2.75, 3.05) is 23.9 Å². The van der Waals surface area contributed by atoms with Crippen molar-refractivity contribution in [2.45, 2.75) is 35.7 Å². The topological polar surface area (TPSA) is 118 Å². The van der Waals surface area contributed by atoms with Crippen LogP contribution in [0.2, 0.25) is 0 Å². The fraction of sp³-hybridized carbons (Fsp3) is 0.333. The second kappa shape index (κ2) is 12.0. The average molecular weight is 722 g/mol. The van der Waals surface area contributed by atoms with Gasteiger partial charge in [-0.15, -0.1) is 11.8 Å². The summed E-state index contributed by atoms with van der Waals surface area (Å²) in [6.07, 6.45) is -4.17. The summed E-state index contributed by atoms with van der Waals surface area (Å²) in [7, 11) is 1.48. The maximum Gasteiger partial charge on any atom is 0.418 e. The minimum absolute atomic E-state index is 0.161. The van der Waals surface area contributed by atoms with E-state index in [1.165, 1.54) is 37.1 Å². The second-order valence-corrected chi connectivity index (χ2v) is 15.3. The molecule has 4 aliphatic rings. The van der Waals surface area contributed by atoms with Gasteiger partial charge in [0.2, 0.25) is 11.8 Å². The van der Waals surface area contributed by atoms with Crippen LogP contribution in [0.1, 0.15) is 33.9 Å². The largest absolute Gasteiger partial charge is 0.493 e. The van der Waals surface area contributed by atoms with Crippen molar-refractivity contribution in [3.05, 3.63) is 98.0 Å². The number of benzene rings is 3. The number of fused-ring (bicyclic) bond motifs is 9. The molecule has 3 amide bonds. The van der Waals surface area contributed by atoms with E-state index in [-0.39, 0.29) is 46.3 Å². The van der Waals surface area contributed by atoms with Crippen LogP contribution >= 0.6 is 23.1 Å². The van der Waals surface area contributed by atoms with E-state index in [4.69, 9.17) is 9.47 Å². The molecule has 3 heterocycles. The van der Waals surface area contributed by atoms with E-state index >= 15 is 0 Å². The van der Waals surface area contributed by atoms with Crippen molar-refractivity contribution in [3.63, 3.8) is 0 Å². The standard InChI is InChI=1S/C36H30F3N3O6S2/c1-16-7-3-5-9-21(16)40-25(43)15-48-23-12-11-17(13-24(23)47-2)26-27-18-14-19(30(27)49-32-31(26)50-35(46)41-32)29-28(18)33(44)42(34(29)45)22-10-6-4-8-20(22)36(37,38)39/h3-13,18-19,26-30H,14-15H2,1-2H3,(H,40,43)(H,41,46)/t18?,19?,26-,27?,28?,29?,30?/m1/s1. The number of aromatic amines is 1. The number of alkyl halides is 3. The monoisotopic (exact) mass is 721 g/mol. The number of amides is 3. The van der Waals surface area contributed by atoms with Crippen LogP contribution < -0.4 is 24.6 Å². The predicted octanol–water partition coefficient (Wildman–Crippen LogP) is 6.47. The van der Waals surface area contributed by atoms with Crippen molar-refractivity contribution in [1.29, 1.82) is 0 Å². The van der Waals surface area contributed by atoms with Gasteiger partial charge in [-0.25, -0.2) is 4.90 Å². The number of nitrogens with one attached hydrogen (secondary N) is 2. The number of thiazole rings is 1. The lowest BCUT2D eigenvalue weighted by molar-refractivity contribution is -0.137. The number of anilines is 2. The van der Waals surface area contributed by atoms with Gasteiger partial charge in [-0.05, 0) is 72.6 Å². The average Bonchev–Trinajstić information content (AvgIpc) is 3.83. The van der Waals surface area contributed by atoms with E-state index in [0.29, 0.717) is 28.6 Å². The lowest BCUT2D eigenvalue weighted by atomic mass is 9.68. The van der Waals surface area contributed by atoms with Crippen LogP contribution in [-0.2, 0) is 20.6 Å². The van der Waals surface area contributed by atoms with Gasteiger partial charge in [0.15, 0.2) is 18.1 Å². The summed E-state index contributed by atoms with van der Waals surface area (Å²) in [6.45, 7) is 1.62. The Labute approximate surface area is 292 Å². The Balaban J connectivity index is 1.11. The number of ether oxygens (including phenoxy) is 2. The van der Waals surface area contributed by atoms with Crippen LogP contribution in [0.15, 0.2) is 76.6 Å². The molecule has 4 aromatic rings. The molecule has 3 aromatic carbocycles. The summed E-state index contributed by atoms with van der Waals surface area (Å²) in [6, 6.07) is 17.4. The fourth-order valence-electron chi connectivity index (χ4n) is 8.58. The van der Waals surface area contributed by atoms with E-state index in [2.05, 4.69) is 10.3 Å². The molecule has 7 atom stereocenters. The molecule has 1 saturated heterocycles. The lowest BCUT2D eigenvalue weighted by Gasteiger charge is -2.43.